The Kier molecular flexibility index (Phi) is 18.0. The standard InChI is InChI=1S/C16H35O4P.Na.H/c1-15(2)11-7-5-9-13-19-21(17,18)20-14-10-6-8-12-16(3)4;;/h15-16H,5-14H2,1-4H3,(H,17,18);;/q;+1;-1. The van der Waals surface area contributed by atoms with Gasteiger partial charge in [-0.3, -0.25) is 9.05 Å². The first kappa shape index (κ1) is 25.4. The third-order valence-corrected chi connectivity index (χ3v) is 4.38. The SMILES string of the molecule is CC(C)CCCCCOP(=O)(O)OCCCCCC(C)C.[H-].[Na+]. The van der Waals surface area contributed by atoms with Crippen LogP contribution in [-0.2, 0) is 13.6 Å². The van der Waals surface area contributed by atoms with Crippen molar-refractivity contribution in [2.24, 2.45) is 11.8 Å². The first-order valence-electron chi connectivity index (χ1n) is 8.45. The van der Waals surface area contributed by atoms with Crippen molar-refractivity contribution in [1.82, 2.24) is 0 Å². The van der Waals surface area contributed by atoms with E-state index in [1.54, 1.807) is 0 Å². The van der Waals surface area contributed by atoms with Crippen LogP contribution in [0.3, 0.4) is 0 Å². The minimum Gasteiger partial charge on any atom is -1.00 e. The average Bonchev–Trinajstić information content (AvgIpc) is 2.37. The molecule has 0 aliphatic rings. The maximum absolute atomic E-state index is 11.6. The normalized spacial score (nSPS) is 12.0. The third-order valence-electron chi connectivity index (χ3n) is 3.36. The Balaban J connectivity index is -0.00000200. The summed E-state index contributed by atoms with van der Waals surface area (Å²) >= 11 is 0. The van der Waals surface area contributed by atoms with Gasteiger partial charge in [0, 0.05) is 0 Å². The fourth-order valence-corrected chi connectivity index (χ4v) is 2.85. The summed E-state index contributed by atoms with van der Waals surface area (Å²) in [5.74, 6) is 1.43. The topological polar surface area (TPSA) is 55.8 Å². The quantitative estimate of drug-likeness (QED) is 0.298. The number of hydrogen-bond acceptors (Lipinski definition) is 3. The molecule has 22 heavy (non-hydrogen) atoms. The molecule has 0 aliphatic heterocycles. The summed E-state index contributed by atoms with van der Waals surface area (Å²) in [5.41, 5.74) is 0. The van der Waals surface area contributed by atoms with Gasteiger partial charge in [-0.2, -0.15) is 0 Å². The van der Waals surface area contributed by atoms with E-state index < -0.39 is 7.82 Å². The zero-order valence-corrected chi connectivity index (χ0v) is 18.2. The summed E-state index contributed by atoms with van der Waals surface area (Å²) < 4.78 is 21.5. The minimum atomic E-state index is -3.83. The van der Waals surface area contributed by atoms with E-state index in [1.807, 2.05) is 0 Å². The molecule has 0 rings (SSSR count). The molecule has 0 aliphatic carbocycles. The van der Waals surface area contributed by atoms with E-state index in [1.165, 1.54) is 12.8 Å². The molecule has 0 saturated heterocycles. The molecule has 0 atom stereocenters. The van der Waals surface area contributed by atoms with Crippen LogP contribution in [0.5, 0.6) is 0 Å². The fourth-order valence-electron chi connectivity index (χ4n) is 2.06. The van der Waals surface area contributed by atoms with Gasteiger partial charge in [-0.05, 0) is 24.7 Å². The molecule has 6 heteroatoms. The van der Waals surface area contributed by atoms with Crippen molar-refractivity contribution in [3.63, 3.8) is 0 Å². The number of phosphoric ester groups is 1. The summed E-state index contributed by atoms with van der Waals surface area (Å²) in [6.45, 7) is 9.42. The molecule has 0 saturated carbocycles. The van der Waals surface area contributed by atoms with Gasteiger partial charge in [0.1, 0.15) is 0 Å². The smallest absolute Gasteiger partial charge is 1.00 e. The van der Waals surface area contributed by atoms with Crippen molar-refractivity contribution < 1.29 is 49.5 Å². The molecule has 0 amide bonds. The summed E-state index contributed by atoms with van der Waals surface area (Å²) in [4.78, 5) is 9.52. The van der Waals surface area contributed by atoms with E-state index in [0.717, 1.165) is 38.5 Å². The second-order valence-corrected chi connectivity index (χ2v) is 8.07. The Labute approximate surface area is 161 Å². The van der Waals surface area contributed by atoms with Crippen LogP contribution in [0, 0.1) is 11.8 Å². The third kappa shape index (κ3) is 19.2. The van der Waals surface area contributed by atoms with Gasteiger partial charge in [-0.25, -0.2) is 4.57 Å². The molecule has 0 radical (unpaired) electrons. The Bertz CT molecular complexity index is 267. The molecule has 1 N–H and O–H groups in total. The second kappa shape index (κ2) is 15.6. The Hall–Kier alpha value is 1.11. The molecule has 0 aromatic heterocycles. The van der Waals surface area contributed by atoms with Crippen molar-refractivity contribution in [2.75, 3.05) is 13.2 Å². The van der Waals surface area contributed by atoms with Gasteiger partial charge in [0.15, 0.2) is 0 Å². The molecule has 0 spiro atoms. The molecule has 0 unspecified atom stereocenters. The van der Waals surface area contributed by atoms with E-state index in [0.29, 0.717) is 25.0 Å². The molecule has 0 bridgehead atoms. The molecule has 0 heterocycles. The molecule has 0 aromatic carbocycles. The average molecular weight is 346 g/mol. The van der Waals surface area contributed by atoms with Gasteiger partial charge in [0.25, 0.3) is 0 Å². The van der Waals surface area contributed by atoms with Crippen LogP contribution in [0.2, 0.25) is 0 Å². The monoisotopic (exact) mass is 346 g/mol. The molecule has 0 aromatic rings. The maximum Gasteiger partial charge on any atom is 1.00 e. The van der Waals surface area contributed by atoms with E-state index >= 15 is 0 Å². The first-order chi connectivity index (χ1) is 9.83. The van der Waals surface area contributed by atoms with Crippen molar-refractivity contribution in [3.05, 3.63) is 0 Å². The first-order valence-corrected chi connectivity index (χ1v) is 9.95. The van der Waals surface area contributed by atoms with Gasteiger partial charge < -0.3 is 6.32 Å². The molecular weight excluding hydrogens is 310 g/mol. The van der Waals surface area contributed by atoms with E-state index in [4.69, 9.17) is 9.05 Å². The van der Waals surface area contributed by atoms with Crippen LogP contribution in [0.15, 0.2) is 0 Å². The van der Waals surface area contributed by atoms with Crippen LogP contribution < -0.4 is 29.6 Å². The van der Waals surface area contributed by atoms with Gasteiger partial charge in [-0.1, -0.05) is 66.2 Å². The van der Waals surface area contributed by atoms with E-state index in [2.05, 4.69) is 27.7 Å². The van der Waals surface area contributed by atoms with Gasteiger partial charge in [0.05, 0.1) is 13.2 Å². The number of unbranched alkanes of at least 4 members (excludes halogenated alkanes) is 4. The van der Waals surface area contributed by atoms with Crippen LogP contribution in [-0.4, -0.2) is 18.1 Å². The fraction of sp³-hybridized carbons (Fsp3) is 1.00. The molecule has 4 nitrogen and oxygen atoms in total. The van der Waals surface area contributed by atoms with E-state index in [-0.39, 0.29) is 31.0 Å². The minimum absolute atomic E-state index is 0. The van der Waals surface area contributed by atoms with Crippen molar-refractivity contribution in [1.29, 1.82) is 0 Å². The van der Waals surface area contributed by atoms with Gasteiger partial charge >= 0.3 is 37.4 Å². The molecule has 0 fully saturated rings. The predicted octanol–water partition coefficient (Wildman–Crippen LogP) is 2.67. The maximum atomic E-state index is 11.6. The summed E-state index contributed by atoms with van der Waals surface area (Å²) in [6, 6.07) is 0. The zero-order valence-electron chi connectivity index (χ0n) is 16.3. The molecule has 130 valence electrons. The molecular formula is C16H36NaO4P. The number of phosphoric acid groups is 1. The Morgan fingerprint density at radius 2 is 1.18 bits per heavy atom. The van der Waals surface area contributed by atoms with Crippen molar-refractivity contribution in [3.8, 4) is 0 Å². The van der Waals surface area contributed by atoms with Crippen LogP contribution >= 0.6 is 7.82 Å². The Morgan fingerprint density at radius 1 is 0.818 bits per heavy atom. The summed E-state index contributed by atoms with van der Waals surface area (Å²) in [7, 11) is -3.83. The summed E-state index contributed by atoms with van der Waals surface area (Å²) in [6.07, 6.45) is 8.39. The summed E-state index contributed by atoms with van der Waals surface area (Å²) in [5, 5.41) is 0. The van der Waals surface area contributed by atoms with Crippen LogP contribution in [0.1, 0.15) is 80.5 Å². The van der Waals surface area contributed by atoms with E-state index in [9.17, 15) is 9.46 Å². The largest absolute Gasteiger partial charge is 1.00 e. The zero-order chi connectivity index (χ0) is 16.1. The van der Waals surface area contributed by atoms with Crippen LogP contribution in [0.25, 0.3) is 0 Å². The van der Waals surface area contributed by atoms with Crippen molar-refractivity contribution in [2.45, 2.75) is 79.1 Å². The number of rotatable bonds is 14. The predicted molar refractivity (Wildman–Crippen MR) is 89.5 cm³/mol. The van der Waals surface area contributed by atoms with Gasteiger partial charge in [0.2, 0.25) is 0 Å². The Morgan fingerprint density at radius 3 is 1.50 bits per heavy atom. The van der Waals surface area contributed by atoms with Gasteiger partial charge in [-0.15, -0.1) is 0 Å². The number of hydrogen-bond donors (Lipinski definition) is 1. The van der Waals surface area contributed by atoms with Crippen molar-refractivity contribution >= 4 is 7.82 Å². The van der Waals surface area contributed by atoms with Crippen LogP contribution in [0.4, 0.5) is 0 Å². The second-order valence-electron chi connectivity index (χ2n) is 6.62.